The summed E-state index contributed by atoms with van der Waals surface area (Å²) in [4.78, 5) is 13.6. The first-order valence-corrected chi connectivity index (χ1v) is 15.1. The average Bonchev–Trinajstić information content (AvgIpc) is 2.97. The zero-order chi connectivity index (χ0) is 27.9. The third-order valence-electron chi connectivity index (χ3n) is 7.71. The summed E-state index contributed by atoms with van der Waals surface area (Å²) in [7, 11) is 4.79. The second-order valence-corrected chi connectivity index (χ2v) is 10.5. The number of hydrogen-bond acceptors (Lipinski definition) is 4. The van der Waals surface area contributed by atoms with Crippen molar-refractivity contribution in [3.63, 3.8) is 0 Å². The summed E-state index contributed by atoms with van der Waals surface area (Å²) >= 11 is 0. The van der Waals surface area contributed by atoms with Crippen LogP contribution in [0.5, 0.6) is 17.2 Å². The minimum atomic E-state index is -0.164. The fourth-order valence-electron chi connectivity index (χ4n) is 5.53. The lowest BCUT2D eigenvalue weighted by molar-refractivity contribution is 0.394. The number of fused-ring (bicyclic) bond motifs is 1. The molecule has 0 saturated carbocycles. The number of pyridine rings is 1. The van der Waals surface area contributed by atoms with Crippen LogP contribution in [0.25, 0.3) is 22.2 Å². The normalized spacial score (nSPS) is 11.2. The van der Waals surface area contributed by atoms with E-state index in [1.807, 2.05) is 36.4 Å². The lowest BCUT2D eigenvalue weighted by Crippen LogP contribution is -2.17. The fraction of sp³-hybridized carbons (Fsp3) is 0.559. The molecule has 2 aromatic carbocycles. The summed E-state index contributed by atoms with van der Waals surface area (Å²) in [5.41, 5.74) is 2.41. The molecule has 0 aliphatic heterocycles. The van der Waals surface area contributed by atoms with Crippen LogP contribution in [-0.2, 0) is 6.54 Å². The van der Waals surface area contributed by atoms with Crippen LogP contribution in [0, 0.1) is 0 Å². The van der Waals surface area contributed by atoms with Crippen molar-refractivity contribution in [2.45, 2.75) is 103 Å². The van der Waals surface area contributed by atoms with Gasteiger partial charge in [-0.05, 0) is 6.42 Å². The molecule has 0 radical (unpaired) electrons. The number of hydrogen-bond donors (Lipinski definition) is 0. The molecule has 5 heteroatoms. The van der Waals surface area contributed by atoms with Crippen molar-refractivity contribution in [3.8, 4) is 28.5 Å². The molecule has 3 aromatic rings. The molecular formula is C34H49NO4. The van der Waals surface area contributed by atoms with Crippen molar-refractivity contribution < 1.29 is 14.2 Å². The zero-order valence-electron chi connectivity index (χ0n) is 24.7. The lowest BCUT2D eigenvalue weighted by atomic mass is 10.0. The van der Waals surface area contributed by atoms with E-state index in [4.69, 9.17) is 14.2 Å². The largest absolute Gasteiger partial charge is 0.497 e. The van der Waals surface area contributed by atoms with Crippen molar-refractivity contribution in [1.29, 1.82) is 0 Å². The smallest absolute Gasteiger partial charge is 0.235 e. The van der Waals surface area contributed by atoms with Crippen LogP contribution in [0.15, 0.2) is 47.3 Å². The molecule has 1 aromatic heterocycles. The van der Waals surface area contributed by atoms with Crippen LogP contribution in [0.1, 0.15) is 96.8 Å². The maximum atomic E-state index is 13.6. The number of ether oxygens (including phenoxy) is 3. The number of unbranched alkanes of at least 4 members (excludes halogenated alkanes) is 13. The maximum Gasteiger partial charge on any atom is 0.235 e. The van der Waals surface area contributed by atoms with Crippen molar-refractivity contribution in [2.24, 2.45) is 0 Å². The van der Waals surface area contributed by atoms with E-state index in [1.165, 1.54) is 77.0 Å². The van der Waals surface area contributed by atoms with Gasteiger partial charge < -0.3 is 18.8 Å². The first-order valence-electron chi connectivity index (χ1n) is 15.1. The number of rotatable bonds is 19. The van der Waals surface area contributed by atoms with Gasteiger partial charge in [-0.15, -0.1) is 0 Å². The number of aryl methyl sites for hydroxylation is 1. The Morgan fingerprint density at radius 2 is 1.23 bits per heavy atom. The van der Waals surface area contributed by atoms with Crippen LogP contribution < -0.4 is 19.6 Å². The molecule has 0 aliphatic rings. The van der Waals surface area contributed by atoms with Gasteiger partial charge in [-0.3, -0.25) is 4.79 Å². The molecule has 0 atom stereocenters. The number of benzene rings is 2. The van der Waals surface area contributed by atoms with Gasteiger partial charge in [0, 0.05) is 24.2 Å². The standard InChI is InChI=1S/C34H49NO4/c1-5-6-7-8-9-10-11-12-13-14-15-16-17-21-24-35-29-25-28(37-2)26-30(38-3)31(29)33(36)34(39-4)32(35)27-22-19-18-20-23-27/h18-20,22-23,25-26H,5-17,21,24H2,1-4H3. The van der Waals surface area contributed by atoms with Gasteiger partial charge in [-0.2, -0.15) is 0 Å². The molecule has 0 fully saturated rings. The highest BCUT2D eigenvalue weighted by Crippen LogP contribution is 2.36. The van der Waals surface area contributed by atoms with E-state index in [-0.39, 0.29) is 5.43 Å². The topological polar surface area (TPSA) is 49.7 Å². The summed E-state index contributed by atoms with van der Waals surface area (Å²) in [6.07, 6.45) is 18.5. The Labute approximate surface area is 235 Å². The van der Waals surface area contributed by atoms with E-state index in [2.05, 4.69) is 11.5 Å². The van der Waals surface area contributed by atoms with Gasteiger partial charge in [0.2, 0.25) is 5.43 Å². The minimum absolute atomic E-state index is 0.164. The van der Waals surface area contributed by atoms with E-state index in [0.717, 1.165) is 36.2 Å². The molecule has 0 amide bonds. The van der Waals surface area contributed by atoms with Crippen LogP contribution >= 0.6 is 0 Å². The van der Waals surface area contributed by atoms with E-state index in [0.29, 0.717) is 22.6 Å². The zero-order valence-corrected chi connectivity index (χ0v) is 24.7. The second kappa shape index (κ2) is 16.9. The predicted molar refractivity (Wildman–Crippen MR) is 164 cm³/mol. The highest BCUT2D eigenvalue weighted by atomic mass is 16.5. The average molecular weight is 536 g/mol. The summed E-state index contributed by atoms with van der Waals surface area (Å²) in [6.45, 7) is 3.06. The third kappa shape index (κ3) is 8.52. The van der Waals surface area contributed by atoms with Gasteiger partial charge in [-0.1, -0.05) is 121 Å². The molecule has 214 valence electrons. The van der Waals surface area contributed by atoms with Crippen LogP contribution in [0.2, 0.25) is 0 Å². The summed E-state index contributed by atoms with van der Waals surface area (Å²) < 4.78 is 19.1. The maximum absolute atomic E-state index is 13.6. The predicted octanol–water partition coefficient (Wildman–Crippen LogP) is 9.18. The SMILES string of the molecule is CCCCCCCCCCCCCCCCn1c(-c2ccccc2)c(OC)c(=O)c2c(OC)cc(OC)cc21. The Kier molecular flexibility index (Phi) is 13.2. The summed E-state index contributed by atoms with van der Waals surface area (Å²) in [5.74, 6) is 1.52. The van der Waals surface area contributed by atoms with Crippen molar-refractivity contribution in [1.82, 2.24) is 4.57 Å². The first kappa shape index (κ1) is 30.6. The van der Waals surface area contributed by atoms with E-state index < -0.39 is 0 Å². The molecule has 0 bridgehead atoms. The molecule has 39 heavy (non-hydrogen) atoms. The monoisotopic (exact) mass is 535 g/mol. The van der Waals surface area contributed by atoms with E-state index in [9.17, 15) is 4.79 Å². The Morgan fingerprint density at radius 1 is 0.667 bits per heavy atom. The molecule has 0 saturated heterocycles. The summed E-state index contributed by atoms with van der Waals surface area (Å²) in [6, 6.07) is 13.7. The van der Waals surface area contributed by atoms with Gasteiger partial charge in [-0.25, -0.2) is 0 Å². The second-order valence-electron chi connectivity index (χ2n) is 10.5. The minimum Gasteiger partial charge on any atom is -0.497 e. The van der Waals surface area contributed by atoms with Gasteiger partial charge in [0.25, 0.3) is 0 Å². The lowest BCUT2D eigenvalue weighted by Gasteiger charge is -2.21. The Balaban J connectivity index is 1.66. The van der Waals surface area contributed by atoms with E-state index in [1.54, 1.807) is 27.4 Å². The molecule has 3 rings (SSSR count). The van der Waals surface area contributed by atoms with Crippen LogP contribution in [0.4, 0.5) is 0 Å². The molecule has 1 heterocycles. The molecule has 0 unspecified atom stereocenters. The highest BCUT2D eigenvalue weighted by Gasteiger charge is 2.22. The van der Waals surface area contributed by atoms with Crippen molar-refractivity contribution in [3.05, 3.63) is 52.7 Å². The van der Waals surface area contributed by atoms with Crippen molar-refractivity contribution in [2.75, 3.05) is 21.3 Å². The number of nitrogens with zero attached hydrogens (tertiary/aromatic N) is 1. The third-order valence-corrected chi connectivity index (χ3v) is 7.71. The van der Waals surface area contributed by atoms with Gasteiger partial charge in [0.1, 0.15) is 11.5 Å². The Bertz CT molecular complexity index is 1190. The molecule has 0 spiro atoms. The Morgan fingerprint density at radius 3 is 1.74 bits per heavy atom. The highest BCUT2D eigenvalue weighted by molar-refractivity contribution is 5.91. The molecule has 5 nitrogen and oxygen atoms in total. The van der Waals surface area contributed by atoms with Gasteiger partial charge in [0.05, 0.1) is 37.9 Å². The molecular weight excluding hydrogens is 486 g/mol. The number of methoxy groups -OCH3 is 3. The number of aromatic nitrogens is 1. The molecule has 0 aliphatic carbocycles. The summed E-state index contributed by atoms with van der Waals surface area (Å²) in [5, 5.41) is 0.528. The van der Waals surface area contributed by atoms with Crippen molar-refractivity contribution >= 4 is 10.9 Å². The van der Waals surface area contributed by atoms with Crippen LogP contribution in [0.3, 0.4) is 0 Å². The fourth-order valence-corrected chi connectivity index (χ4v) is 5.53. The Hall–Kier alpha value is -2.95. The van der Waals surface area contributed by atoms with Gasteiger partial charge in [0.15, 0.2) is 5.75 Å². The quantitative estimate of drug-likeness (QED) is 0.144. The van der Waals surface area contributed by atoms with Crippen LogP contribution in [-0.4, -0.2) is 25.9 Å². The first-order chi connectivity index (χ1) is 19.2. The molecule has 0 N–H and O–H groups in total. The van der Waals surface area contributed by atoms with E-state index >= 15 is 0 Å². The van der Waals surface area contributed by atoms with Gasteiger partial charge >= 0.3 is 0 Å².